The van der Waals surface area contributed by atoms with E-state index in [2.05, 4.69) is 27.9 Å². The lowest BCUT2D eigenvalue weighted by Gasteiger charge is -2.18. The SMILES string of the molecule is CCOc1ccc(C(C)NC(=O)c2ccccc2I)cc1OCC. The summed E-state index contributed by atoms with van der Waals surface area (Å²) in [6.07, 6.45) is 0. The zero-order valence-electron chi connectivity index (χ0n) is 14.1. The summed E-state index contributed by atoms with van der Waals surface area (Å²) in [6, 6.07) is 13.2. The molecule has 2 aromatic carbocycles. The van der Waals surface area contributed by atoms with E-state index in [4.69, 9.17) is 9.47 Å². The second kappa shape index (κ2) is 8.92. The van der Waals surface area contributed by atoms with Crippen molar-refractivity contribution in [2.75, 3.05) is 13.2 Å². The molecular weight excluding hydrogens is 417 g/mol. The quantitative estimate of drug-likeness (QED) is 0.643. The maximum Gasteiger partial charge on any atom is 0.252 e. The molecule has 0 spiro atoms. The summed E-state index contributed by atoms with van der Waals surface area (Å²) >= 11 is 2.17. The summed E-state index contributed by atoms with van der Waals surface area (Å²) in [5.74, 6) is 1.34. The van der Waals surface area contributed by atoms with Gasteiger partial charge in [0.15, 0.2) is 11.5 Å². The van der Waals surface area contributed by atoms with Crippen LogP contribution in [0.2, 0.25) is 0 Å². The van der Waals surface area contributed by atoms with Gasteiger partial charge in [0.05, 0.1) is 24.8 Å². The number of halogens is 1. The Morgan fingerprint density at radius 3 is 2.42 bits per heavy atom. The van der Waals surface area contributed by atoms with Crippen LogP contribution in [0.1, 0.15) is 42.7 Å². The number of hydrogen-bond acceptors (Lipinski definition) is 3. The molecule has 0 saturated heterocycles. The fourth-order valence-electron chi connectivity index (χ4n) is 2.34. The Morgan fingerprint density at radius 2 is 1.75 bits per heavy atom. The molecule has 0 aromatic heterocycles. The Bertz CT molecular complexity index is 703. The zero-order valence-corrected chi connectivity index (χ0v) is 16.3. The average Bonchev–Trinajstić information content (AvgIpc) is 2.57. The van der Waals surface area contributed by atoms with E-state index in [1.54, 1.807) is 0 Å². The molecule has 0 aliphatic carbocycles. The summed E-state index contributed by atoms with van der Waals surface area (Å²) in [7, 11) is 0. The van der Waals surface area contributed by atoms with Crippen molar-refractivity contribution < 1.29 is 14.3 Å². The Morgan fingerprint density at radius 1 is 1.08 bits per heavy atom. The van der Waals surface area contributed by atoms with Crippen LogP contribution in [0, 0.1) is 3.57 Å². The van der Waals surface area contributed by atoms with Gasteiger partial charge in [-0.25, -0.2) is 0 Å². The molecule has 0 aliphatic heterocycles. The normalized spacial score (nSPS) is 11.7. The molecule has 2 rings (SSSR count). The van der Waals surface area contributed by atoms with Crippen LogP contribution in [0.5, 0.6) is 11.5 Å². The number of rotatable bonds is 7. The average molecular weight is 439 g/mol. The van der Waals surface area contributed by atoms with E-state index in [0.717, 1.165) is 14.9 Å². The predicted molar refractivity (Wildman–Crippen MR) is 104 cm³/mol. The lowest BCUT2D eigenvalue weighted by molar-refractivity contribution is 0.0939. The molecule has 128 valence electrons. The van der Waals surface area contributed by atoms with Crippen LogP contribution >= 0.6 is 22.6 Å². The number of amides is 1. The molecule has 0 saturated carbocycles. The Kier molecular flexibility index (Phi) is 6.90. The summed E-state index contributed by atoms with van der Waals surface area (Å²) in [5.41, 5.74) is 1.65. The molecule has 4 nitrogen and oxygen atoms in total. The maximum atomic E-state index is 12.5. The van der Waals surface area contributed by atoms with E-state index in [1.807, 2.05) is 63.2 Å². The summed E-state index contributed by atoms with van der Waals surface area (Å²) in [4.78, 5) is 12.5. The van der Waals surface area contributed by atoms with Gasteiger partial charge < -0.3 is 14.8 Å². The Balaban J connectivity index is 2.17. The second-order valence-electron chi connectivity index (χ2n) is 5.25. The highest BCUT2D eigenvalue weighted by Gasteiger charge is 2.15. The van der Waals surface area contributed by atoms with E-state index in [0.29, 0.717) is 24.5 Å². The summed E-state index contributed by atoms with van der Waals surface area (Å²) in [6.45, 7) is 6.97. The molecule has 0 aliphatic rings. The minimum atomic E-state index is -0.136. The molecule has 0 heterocycles. The number of carbonyl (C=O) groups excluding carboxylic acids is 1. The molecule has 1 unspecified atom stereocenters. The van der Waals surface area contributed by atoms with Crippen molar-refractivity contribution in [2.24, 2.45) is 0 Å². The fraction of sp³-hybridized carbons (Fsp3) is 0.316. The lowest BCUT2D eigenvalue weighted by atomic mass is 10.1. The highest BCUT2D eigenvalue weighted by Crippen LogP contribution is 2.30. The van der Waals surface area contributed by atoms with Gasteiger partial charge in [-0.1, -0.05) is 18.2 Å². The topological polar surface area (TPSA) is 47.6 Å². The molecule has 0 fully saturated rings. The van der Waals surface area contributed by atoms with Gasteiger partial charge in [-0.05, 0) is 73.2 Å². The van der Waals surface area contributed by atoms with E-state index in [1.165, 1.54) is 0 Å². The molecule has 1 N–H and O–H groups in total. The van der Waals surface area contributed by atoms with Crippen molar-refractivity contribution in [3.8, 4) is 11.5 Å². The molecular formula is C19H22INO3. The molecule has 24 heavy (non-hydrogen) atoms. The van der Waals surface area contributed by atoms with Gasteiger partial charge in [-0.15, -0.1) is 0 Å². The van der Waals surface area contributed by atoms with Crippen LogP contribution in [0.4, 0.5) is 0 Å². The molecule has 5 heteroatoms. The number of carbonyl (C=O) groups is 1. The number of hydrogen-bond donors (Lipinski definition) is 1. The second-order valence-corrected chi connectivity index (χ2v) is 6.41. The fourth-order valence-corrected chi connectivity index (χ4v) is 2.97. The largest absolute Gasteiger partial charge is 0.490 e. The first-order valence-electron chi connectivity index (χ1n) is 8.01. The van der Waals surface area contributed by atoms with Gasteiger partial charge in [-0.2, -0.15) is 0 Å². The Hall–Kier alpha value is -1.76. The number of benzene rings is 2. The summed E-state index contributed by atoms with van der Waals surface area (Å²) in [5, 5.41) is 3.03. The lowest BCUT2D eigenvalue weighted by Crippen LogP contribution is -2.27. The molecule has 1 amide bonds. The van der Waals surface area contributed by atoms with E-state index >= 15 is 0 Å². The van der Waals surface area contributed by atoms with Gasteiger partial charge in [0.1, 0.15) is 0 Å². The smallest absolute Gasteiger partial charge is 0.252 e. The highest BCUT2D eigenvalue weighted by molar-refractivity contribution is 14.1. The Labute approximate surface area is 156 Å². The van der Waals surface area contributed by atoms with Crippen LogP contribution in [0.3, 0.4) is 0 Å². The van der Waals surface area contributed by atoms with Gasteiger partial charge in [0, 0.05) is 3.57 Å². The summed E-state index contributed by atoms with van der Waals surface area (Å²) < 4.78 is 12.2. The highest BCUT2D eigenvalue weighted by atomic mass is 127. The van der Waals surface area contributed by atoms with Crippen molar-refractivity contribution in [3.05, 3.63) is 57.2 Å². The molecule has 2 aromatic rings. The monoisotopic (exact) mass is 439 g/mol. The number of ether oxygens (including phenoxy) is 2. The van der Waals surface area contributed by atoms with Gasteiger partial charge in [-0.3, -0.25) is 4.79 Å². The molecule has 0 bridgehead atoms. The van der Waals surface area contributed by atoms with E-state index in [-0.39, 0.29) is 11.9 Å². The van der Waals surface area contributed by atoms with Crippen LogP contribution < -0.4 is 14.8 Å². The zero-order chi connectivity index (χ0) is 17.5. The third-order valence-electron chi connectivity index (χ3n) is 3.53. The van der Waals surface area contributed by atoms with Crippen LogP contribution in [0.15, 0.2) is 42.5 Å². The first-order valence-corrected chi connectivity index (χ1v) is 9.09. The van der Waals surface area contributed by atoms with Crippen molar-refractivity contribution in [1.82, 2.24) is 5.32 Å². The van der Waals surface area contributed by atoms with Crippen molar-refractivity contribution in [2.45, 2.75) is 26.8 Å². The van der Waals surface area contributed by atoms with Gasteiger partial charge in [0.2, 0.25) is 0 Å². The van der Waals surface area contributed by atoms with Crippen LogP contribution in [-0.2, 0) is 0 Å². The first-order chi connectivity index (χ1) is 11.6. The predicted octanol–water partition coefficient (Wildman–Crippen LogP) is 4.58. The van der Waals surface area contributed by atoms with Crippen molar-refractivity contribution >= 4 is 28.5 Å². The molecule has 0 radical (unpaired) electrons. The van der Waals surface area contributed by atoms with Crippen LogP contribution in [0.25, 0.3) is 0 Å². The third kappa shape index (κ3) is 4.63. The standard InChI is InChI=1S/C19H22INO3/c1-4-23-17-11-10-14(12-18(17)24-5-2)13(3)21-19(22)15-8-6-7-9-16(15)20/h6-13H,4-5H2,1-3H3,(H,21,22). The molecule has 1 atom stereocenters. The minimum absolute atomic E-state index is 0.0839. The van der Waals surface area contributed by atoms with Gasteiger partial charge >= 0.3 is 0 Å². The first kappa shape index (κ1) is 18.6. The van der Waals surface area contributed by atoms with E-state index in [9.17, 15) is 4.79 Å². The van der Waals surface area contributed by atoms with E-state index < -0.39 is 0 Å². The van der Waals surface area contributed by atoms with Gasteiger partial charge in [0.25, 0.3) is 5.91 Å². The van der Waals surface area contributed by atoms with Crippen molar-refractivity contribution in [1.29, 1.82) is 0 Å². The van der Waals surface area contributed by atoms with Crippen LogP contribution in [-0.4, -0.2) is 19.1 Å². The third-order valence-corrected chi connectivity index (χ3v) is 4.47. The maximum absolute atomic E-state index is 12.5. The minimum Gasteiger partial charge on any atom is -0.490 e. The number of nitrogens with one attached hydrogen (secondary N) is 1. The van der Waals surface area contributed by atoms with Crippen molar-refractivity contribution in [3.63, 3.8) is 0 Å².